The minimum absolute atomic E-state index is 0.995. The average Bonchev–Trinajstić information content (AvgIpc) is 3.80. The predicted molar refractivity (Wildman–Crippen MR) is 411 cm³/mol. The quantitative estimate of drug-likeness (QED) is 0.120. The van der Waals surface area contributed by atoms with Gasteiger partial charge in [-0.25, -0.2) is 4.98 Å². The Morgan fingerprint density at radius 2 is 0.526 bits per heavy atom. The zero-order valence-corrected chi connectivity index (χ0v) is 50.2. The number of para-hydroxylation sites is 2. The smallest absolute Gasteiger partial charge is 0.144 e. The molecule has 1 heterocycles. The van der Waals surface area contributed by atoms with E-state index in [1.54, 1.807) is 0 Å². The monoisotopic (exact) mass is 951 g/mol. The largest absolute Gasteiger partial charge is 0.292 e. The molecule has 0 fully saturated rings. The molecule has 0 aliphatic rings. The molecule has 340 valence electrons. The maximum absolute atomic E-state index is 5.43. The van der Waals surface area contributed by atoms with Gasteiger partial charge in [-0.05, 0) is 109 Å². The highest BCUT2D eigenvalue weighted by Gasteiger charge is 2.28. The van der Waals surface area contributed by atoms with E-state index in [4.69, 9.17) is 4.98 Å². The third kappa shape index (κ3) is 7.83. The molecule has 10 aromatic rings. The number of fused-ring (bicyclic) bond motifs is 3. The van der Waals surface area contributed by atoms with Crippen molar-refractivity contribution in [3.05, 3.63) is 66.7 Å². The molecule has 0 unspecified atom stereocenters. The maximum Gasteiger partial charge on any atom is 0.144 e. The molecule has 0 bridgehead atoms. The van der Waals surface area contributed by atoms with Crippen LogP contribution in [0.5, 0.6) is 0 Å². The Bertz CT molecular complexity index is 4010. The number of rotatable bonds is 6. The second-order valence-electron chi connectivity index (χ2n) is 23.4. The Morgan fingerprint density at radius 3 is 0.882 bits per heavy atom. The van der Waals surface area contributed by atoms with Crippen molar-refractivity contribution in [3.63, 3.8) is 0 Å². The molecule has 25 heteroatoms. The van der Waals surface area contributed by atoms with Crippen LogP contribution < -0.4 is 126 Å². The van der Waals surface area contributed by atoms with Gasteiger partial charge < -0.3 is 0 Å². The molecule has 0 spiro atoms. The maximum atomic E-state index is 5.43. The van der Waals surface area contributed by atoms with Gasteiger partial charge in [0.15, 0.2) is 0 Å². The van der Waals surface area contributed by atoms with Crippen molar-refractivity contribution in [2.45, 2.75) is 0 Å². The molecule has 9 aromatic carbocycles. The fourth-order valence-corrected chi connectivity index (χ4v) is 13.7. The van der Waals surface area contributed by atoms with Crippen molar-refractivity contribution >= 4 is 339 Å². The number of hydrogen-bond donors (Lipinski definition) is 0. The van der Waals surface area contributed by atoms with Crippen LogP contribution in [-0.2, 0) is 0 Å². The minimum Gasteiger partial charge on any atom is -0.292 e. The number of imidazole rings is 1. The summed E-state index contributed by atoms with van der Waals surface area (Å²) in [7, 11) is 53.5. The molecule has 0 radical (unpaired) electrons. The van der Waals surface area contributed by atoms with E-state index in [1.165, 1.54) is 197 Å². The molecule has 1 aromatic heterocycles. The summed E-state index contributed by atoms with van der Waals surface area (Å²) in [4.78, 5) is 5.43. The molecule has 0 N–H and O–H groups in total. The Balaban J connectivity index is 1.36. The first-order valence-electron chi connectivity index (χ1n) is 27.7. The molecule has 0 atom stereocenters. The van der Waals surface area contributed by atoms with Crippen molar-refractivity contribution in [1.29, 1.82) is 0 Å². The standard InChI is InChI=1S/C51H57B23N2/c52-28-21(29(53)39(63)48(72)38(28)62)14-9-13(10-15(11-14)22-30(54)40(64)49(73)41(65)31(22)55)20-25-23(32(56)42(66)44(68)34(25)58)19(24-26(20)35(59)45(69)43(67)33(24)57)12-5-7-16(8-6-12)76-18-4-2-1-3-17(18)75-51(76)27-36(60)46(70)50(74)47(71)37(27)61/h1-11H,52-74H2. The van der Waals surface area contributed by atoms with Crippen molar-refractivity contribution in [3.8, 4) is 61.6 Å². The van der Waals surface area contributed by atoms with Crippen LogP contribution in [0.15, 0.2) is 66.7 Å². The lowest BCUT2D eigenvalue weighted by Crippen LogP contribution is -2.55. The first-order chi connectivity index (χ1) is 35.8. The van der Waals surface area contributed by atoms with Crippen LogP contribution >= 0.6 is 0 Å². The van der Waals surface area contributed by atoms with Gasteiger partial charge in [0, 0.05) is 11.3 Å². The minimum atomic E-state index is 0.995. The fourth-order valence-electron chi connectivity index (χ4n) is 13.7. The number of aromatic nitrogens is 2. The Labute approximate surface area is 473 Å². The van der Waals surface area contributed by atoms with Crippen molar-refractivity contribution in [2.75, 3.05) is 0 Å². The Kier molecular flexibility index (Phi) is 13.8. The molecule has 2 nitrogen and oxygen atoms in total. The van der Waals surface area contributed by atoms with Crippen LogP contribution in [0.3, 0.4) is 0 Å². The van der Waals surface area contributed by atoms with E-state index >= 15 is 0 Å². The van der Waals surface area contributed by atoms with Gasteiger partial charge in [0.1, 0.15) is 186 Å². The lowest BCUT2D eigenvalue weighted by atomic mass is 9.58. The highest BCUT2D eigenvalue weighted by molar-refractivity contribution is 6.74. The van der Waals surface area contributed by atoms with Gasteiger partial charge in [-0.1, -0.05) is 78.9 Å². The molecule has 0 aliphatic heterocycles. The molecule has 0 saturated carbocycles. The third-order valence-corrected chi connectivity index (χ3v) is 20.4. The summed E-state index contributed by atoms with van der Waals surface area (Å²) in [5.41, 5.74) is 46.1. The zero-order valence-electron chi connectivity index (χ0n) is 50.2. The van der Waals surface area contributed by atoms with Crippen LogP contribution in [0.2, 0.25) is 0 Å². The summed E-state index contributed by atoms with van der Waals surface area (Å²) in [5, 5.41) is 5.41. The summed E-state index contributed by atoms with van der Waals surface area (Å²) >= 11 is 0. The zero-order chi connectivity index (χ0) is 55.2. The average molecular weight is 947 g/mol. The summed E-state index contributed by atoms with van der Waals surface area (Å²) in [5.74, 6) is 0.995. The Morgan fingerprint density at radius 1 is 0.250 bits per heavy atom. The summed E-state index contributed by atoms with van der Waals surface area (Å²) in [6.07, 6.45) is 0. The van der Waals surface area contributed by atoms with Gasteiger partial charge in [-0.15, -0.1) is 71.0 Å². The predicted octanol–water partition coefficient (Wildman–Crippen LogP) is -26.4. The molecule has 76 heavy (non-hydrogen) atoms. The summed E-state index contributed by atoms with van der Waals surface area (Å²) < 4.78 is 2.40. The van der Waals surface area contributed by atoms with Crippen LogP contribution in [0.25, 0.3) is 94.2 Å². The van der Waals surface area contributed by atoms with Gasteiger partial charge >= 0.3 is 0 Å². The molecule has 0 aliphatic carbocycles. The molecular formula is C51H57B23N2. The molecule has 0 saturated heterocycles. The van der Waals surface area contributed by atoms with E-state index in [9.17, 15) is 0 Å². The van der Waals surface area contributed by atoms with Crippen molar-refractivity contribution in [2.24, 2.45) is 0 Å². The number of benzene rings is 9. The van der Waals surface area contributed by atoms with E-state index in [-0.39, 0.29) is 0 Å². The number of nitrogens with zero attached hydrogens (tertiary/aromatic N) is 2. The highest BCUT2D eigenvalue weighted by atomic mass is 15.1. The van der Waals surface area contributed by atoms with Crippen molar-refractivity contribution < 1.29 is 0 Å². The van der Waals surface area contributed by atoms with Gasteiger partial charge in [-0.3, -0.25) is 4.57 Å². The van der Waals surface area contributed by atoms with E-state index in [0.29, 0.717) is 0 Å². The SMILES string of the molecule is Bc1c(B)c(B)c(-c2cc(-c3c(B)c(B)c(B)c(B)c3B)cc(-c3c4c(B)c(B)c(B)c(B)c4c(-c4ccc(-n5c(-c6c(B)c(B)c(B)c(B)c6B)nc6ccccc65)cc4)c4c(B)c(B)c(B)c(B)c34)c2)c(B)c1B. The van der Waals surface area contributed by atoms with Gasteiger partial charge in [0.25, 0.3) is 0 Å². The lowest BCUT2D eigenvalue weighted by molar-refractivity contribution is 1.11. The van der Waals surface area contributed by atoms with E-state index < -0.39 is 0 Å². The second kappa shape index (κ2) is 19.4. The normalized spacial score (nSPS) is 11.6. The topological polar surface area (TPSA) is 17.8 Å². The van der Waals surface area contributed by atoms with Crippen LogP contribution in [0, 0.1) is 0 Å². The van der Waals surface area contributed by atoms with Crippen molar-refractivity contribution in [1.82, 2.24) is 9.55 Å². The third-order valence-electron chi connectivity index (χ3n) is 20.4. The first kappa shape index (κ1) is 53.8. The summed E-state index contributed by atoms with van der Waals surface area (Å²) in [6, 6.07) is 25.8. The fraction of sp³-hybridized carbons (Fsp3) is 0. The van der Waals surface area contributed by atoms with Crippen LogP contribution in [0.1, 0.15) is 0 Å². The van der Waals surface area contributed by atoms with E-state index in [1.807, 2.05) is 0 Å². The molecular weight excluding hydrogens is 889 g/mol. The lowest BCUT2D eigenvalue weighted by Gasteiger charge is -2.29. The van der Waals surface area contributed by atoms with Gasteiger partial charge in [0.05, 0.1) is 11.0 Å². The Hall–Kier alpha value is -5.54. The van der Waals surface area contributed by atoms with E-state index in [2.05, 4.69) is 252 Å². The number of hydrogen-bond acceptors (Lipinski definition) is 1. The van der Waals surface area contributed by atoms with Gasteiger partial charge in [0.2, 0.25) is 0 Å². The summed E-state index contributed by atoms with van der Waals surface area (Å²) in [6.45, 7) is 0. The molecule has 10 rings (SSSR count). The molecule has 0 amide bonds. The second-order valence-corrected chi connectivity index (χ2v) is 23.4. The highest BCUT2D eigenvalue weighted by Crippen LogP contribution is 2.43. The first-order valence-corrected chi connectivity index (χ1v) is 27.7. The van der Waals surface area contributed by atoms with Gasteiger partial charge in [-0.2, -0.15) is 0 Å². The van der Waals surface area contributed by atoms with E-state index in [0.717, 1.165) is 22.5 Å². The van der Waals surface area contributed by atoms with Crippen LogP contribution in [-0.4, -0.2) is 190 Å². The van der Waals surface area contributed by atoms with Crippen LogP contribution in [0.4, 0.5) is 0 Å².